The Labute approximate surface area is 88.2 Å². The minimum atomic E-state index is -0.517. The van der Waals surface area contributed by atoms with Crippen molar-refractivity contribution in [2.45, 2.75) is 6.42 Å². The van der Waals surface area contributed by atoms with Crippen LogP contribution in [0.25, 0.3) is 0 Å². The lowest BCUT2D eigenvalue weighted by atomic mass is 10.4. The maximum absolute atomic E-state index is 11.0. The highest BCUT2D eigenvalue weighted by molar-refractivity contribution is 7.18. The Kier molecular flexibility index (Phi) is 2.34. The number of nitrogens with zero attached hydrogens (tertiary/aromatic N) is 3. The largest absolute Gasteiger partial charge is 0.345 e. The van der Waals surface area contributed by atoms with E-state index in [0.717, 1.165) is 17.5 Å². The standard InChI is InChI=1S/C7H6N4O3S/c12-5-2-1-3-10(9-5)7-8-4-6(15-7)11(13)14/h1,3-4H,2H2,(H,9,12). The van der Waals surface area contributed by atoms with Gasteiger partial charge in [0.05, 0.1) is 4.92 Å². The first kappa shape index (κ1) is 9.59. The molecule has 0 fully saturated rings. The van der Waals surface area contributed by atoms with Crippen molar-refractivity contribution in [1.82, 2.24) is 10.4 Å². The Hall–Kier alpha value is -1.96. The number of aromatic nitrogens is 1. The van der Waals surface area contributed by atoms with Crippen LogP contribution < -0.4 is 10.4 Å². The summed E-state index contributed by atoms with van der Waals surface area (Å²) in [5, 5.41) is 12.1. The SMILES string of the molecule is O=C1CC=CN(c2ncc([N+](=O)[O-])s2)N1. The van der Waals surface area contributed by atoms with Gasteiger partial charge in [-0.05, 0) is 11.3 Å². The predicted molar refractivity (Wildman–Crippen MR) is 53.1 cm³/mol. The first-order chi connectivity index (χ1) is 7.16. The van der Waals surface area contributed by atoms with E-state index in [-0.39, 0.29) is 10.9 Å². The second-order valence-corrected chi connectivity index (χ2v) is 3.72. The number of nitrogens with one attached hydrogen (secondary N) is 1. The van der Waals surface area contributed by atoms with E-state index in [0.29, 0.717) is 11.6 Å². The third kappa shape index (κ3) is 1.94. The Morgan fingerprint density at radius 2 is 2.47 bits per heavy atom. The molecule has 8 heteroatoms. The van der Waals surface area contributed by atoms with Crippen LogP contribution in [0, 0.1) is 10.1 Å². The molecule has 0 unspecified atom stereocenters. The van der Waals surface area contributed by atoms with E-state index in [9.17, 15) is 14.9 Å². The molecule has 0 radical (unpaired) electrons. The fourth-order valence-electron chi connectivity index (χ4n) is 1.05. The van der Waals surface area contributed by atoms with Gasteiger partial charge in [0.15, 0.2) is 0 Å². The maximum Gasteiger partial charge on any atom is 0.345 e. The molecule has 1 aliphatic heterocycles. The van der Waals surface area contributed by atoms with Crippen molar-refractivity contribution in [3.8, 4) is 0 Å². The predicted octanol–water partition coefficient (Wildman–Crippen LogP) is 0.806. The van der Waals surface area contributed by atoms with Gasteiger partial charge in [-0.25, -0.2) is 9.99 Å². The monoisotopic (exact) mass is 226 g/mol. The molecule has 78 valence electrons. The molecule has 1 N–H and O–H groups in total. The van der Waals surface area contributed by atoms with E-state index in [2.05, 4.69) is 10.4 Å². The van der Waals surface area contributed by atoms with Gasteiger partial charge in [-0.3, -0.25) is 20.3 Å². The van der Waals surface area contributed by atoms with Crippen molar-refractivity contribution < 1.29 is 9.72 Å². The summed E-state index contributed by atoms with van der Waals surface area (Å²) in [5.41, 5.74) is 2.52. The van der Waals surface area contributed by atoms with E-state index >= 15 is 0 Å². The van der Waals surface area contributed by atoms with Crippen molar-refractivity contribution in [2.75, 3.05) is 5.01 Å². The van der Waals surface area contributed by atoms with Gasteiger partial charge < -0.3 is 0 Å². The number of carbonyl (C=O) groups excluding carboxylic acids is 1. The van der Waals surface area contributed by atoms with Gasteiger partial charge in [0.1, 0.15) is 6.20 Å². The van der Waals surface area contributed by atoms with E-state index in [1.165, 1.54) is 5.01 Å². The average Bonchev–Trinajstić information content (AvgIpc) is 2.66. The first-order valence-corrected chi connectivity index (χ1v) is 4.84. The van der Waals surface area contributed by atoms with Crippen molar-refractivity contribution in [1.29, 1.82) is 0 Å². The van der Waals surface area contributed by atoms with E-state index in [1.807, 2.05) is 0 Å². The number of hydrazine groups is 1. The normalized spacial score (nSPS) is 15.2. The molecule has 1 amide bonds. The average molecular weight is 226 g/mol. The van der Waals surface area contributed by atoms with Crippen molar-refractivity contribution in [3.63, 3.8) is 0 Å². The second-order valence-electron chi connectivity index (χ2n) is 2.73. The topological polar surface area (TPSA) is 88.4 Å². The summed E-state index contributed by atoms with van der Waals surface area (Å²) in [7, 11) is 0. The number of rotatable bonds is 2. The first-order valence-electron chi connectivity index (χ1n) is 4.02. The molecule has 1 aliphatic rings. The zero-order valence-corrected chi connectivity index (χ0v) is 8.23. The maximum atomic E-state index is 11.0. The van der Waals surface area contributed by atoms with Gasteiger partial charge in [-0.1, -0.05) is 6.08 Å². The molecule has 0 bridgehead atoms. The molecule has 1 aromatic rings. The fraction of sp³-hybridized carbons (Fsp3) is 0.143. The Bertz CT molecular complexity index is 441. The van der Waals surface area contributed by atoms with E-state index in [4.69, 9.17) is 0 Å². The minimum Gasteiger partial charge on any atom is -0.273 e. The van der Waals surface area contributed by atoms with Crippen molar-refractivity contribution in [3.05, 3.63) is 28.6 Å². The van der Waals surface area contributed by atoms with Gasteiger partial charge in [0.25, 0.3) is 0 Å². The van der Waals surface area contributed by atoms with Crippen molar-refractivity contribution >= 4 is 27.4 Å². The summed E-state index contributed by atoms with van der Waals surface area (Å²) in [5.74, 6) is -0.171. The number of hydrogen-bond donors (Lipinski definition) is 1. The third-order valence-corrected chi connectivity index (χ3v) is 2.62. The lowest BCUT2D eigenvalue weighted by Crippen LogP contribution is -2.40. The number of anilines is 1. The highest BCUT2D eigenvalue weighted by Gasteiger charge is 2.18. The van der Waals surface area contributed by atoms with Crippen LogP contribution in [0.1, 0.15) is 6.42 Å². The molecular weight excluding hydrogens is 220 g/mol. The molecule has 0 saturated heterocycles. The molecule has 0 atom stereocenters. The summed E-state index contributed by atoms with van der Waals surface area (Å²) < 4.78 is 0. The van der Waals surface area contributed by atoms with Crippen molar-refractivity contribution in [2.24, 2.45) is 0 Å². The number of hydrogen-bond acceptors (Lipinski definition) is 6. The van der Waals surface area contributed by atoms with E-state index < -0.39 is 4.92 Å². The van der Waals surface area contributed by atoms with Gasteiger partial charge in [-0.15, -0.1) is 0 Å². The molecule has 2 heterocycles. The molecule has 0 saturated carbocycles. The lowest BCUT2D eigenvalue weighted by molar-refractivity contribution is -0.380. The molecule has 7 nitrogen and oxygen atoms in total. The quantitative estimate of drug-likeness (QED) is 0.595. The number of thiazole rings is 1. The summed E-state index contributed by atoms with van der Waals surface area (Å²) >= 11 is 0.899. The number of nitro groups is 1. The highest BCUT2D eigenvalue weighted by Crippen LogP contribution is 2.28. The van der Waals surface area contributed by atoms with Crippen LogP contribution in [0.3, 0.4) is 0 Å². The van der Waals surface area contributed by atoms with E-state index in [1.54, 1.807) is 12.3 Å². The summed E-state index contributed by atoms with van der Waals surface area (Å²) in [4.78, 5) is 24.8. The lowest BCUT2D eigenvalue weighted by Gasteiger charge is -2.20. The summed E-state index contributed by atoms with van der Waals surface area (Å²) in [6.07, 6.45) is 4.74. The Morgan fingerprint density at radius 1 is 1.67 bits per heavy atom. The number of amides is 1. The zero-order valence-electron chi connectivity index (χ0n) is 7.41. The van der Waals surface area contributed by atoms with Crippen LogP contribution in [-0.2, 0) is 4.79 Å². The van der Waals surface area contributed by atoms with Crippen LogP contribution in [0.4, 0.5) is 10.1 Å². The minimum absolute atomic E-state index is 0.0572. The molecule has 0 spiro atoms. The molecule has 15 heavy (non-hydrogen) atoms. The molecule has 1 aromatic heterocycles. The van der Waals surface area contributed by atoms with Crippen LogP contribution in [0.15, 0.2) is 18.5 Å². The smallest absolute Gasteiger partial charge is 0.273 e. The number of carbonyl (C=O) groups is 1. The van der Waals surface area contributed by atoms with Gasteiger partial charge in [0, 0.05) is 12.6 Å². The van der Waals surface area contributed by atoms with Crippen LogP contribution in [-0.4, -0.2) is 15.8 Å². The molecule has 0 aliphatic carbocycles. The summed E-state index contributed by atoms with van der Waals surface area (Å²) in [6, 6.07) is 0. The third-order valence-electron chi connectivity index (χ3n) is 1.67. The highest BCUT2D eigenvalue weighted by atomic mass is 32.1. The zero-order chi connectivity index (χ0) is 10.8. The Balaban J connectivity index is 2.22. The Morgan fingerprint density at radius 3 is 3.07 bits per heavy atom. The molecular formula is C7H6N4O3S. The van der Waals surface area contributed by atoms with Crippen LogP contribution >= 0.6 is 11.3 Å². The van der Waals surface area contributed by atoms with Crippen LogP contribution in [0.5, 0.6) is 0 Å². The van der Waals surface area contributed by atoms with Gasteiger partial charge >= 0.3 is 5.00 Å². The van der Waals surface area contributed by atoms with Crippen LogP contribution in [0.2, 0.25) is 0 Å². The molecule has 2 rings (SSSR count). The summed E-state index contributed by atoms with van der Waals surface area (Å²) in [6.45, 7) is 0. The van der Waals surface area contributed by atoms with Gasteiger partial charge in [0.2, 0.25) is 11.0 Å². The fourth-order valence-corrected chi connectivity index (χ4v) is 1.72. The second kappa shape index (κ2) is 3.65. The molecule has 0 aromatic carbocycles. The van der Waals surface area contributed by atoms with Gasteiger partial charge in [-0.2, -0.15) is 0 Å².